The van der Waals surface area contributed by atoms with Crippen LogP contribution in [0, 0.1) is 21.7 Å². The Bertz CT molecular complexity index is 419. The molecule has 0 aromatic heterocycles. The van der Waals surface area contributed by atoms with Crippen molar-refractivity contribution in [2.45, 2.75) is 3.79 Å². The first-order valence-electron chi connectivity index (χ1n) is 3.44. The molecule has 1 aromatic rings. The van der Waals surface area contributed by atoms with Gasteiger partial charge in [0.2, 0.25) is 9.61 Å². The molecule has 1 rings (SSSR count). The predicted molar refractivity (Wildman–Crippen MR) is 52.2 cm³/mol. The summed E-state index contributed by atoms with van der Waals surface area (Å²) in [6.45, 7) is 0. The molecule has 0 bridgehead atoms. The average Bonchev–Trinajstić information content (AvgIpc) is 2.00. The highest BCUT2D eigenvalue weighted by molar-refractivity contribution is 6.66. The Morgan fingerprint density at radius 3 is 2.13 bits per heavy atom. The molecule has 82 valence electrons. The summed E-state index contributed by atoms with van der Waals surface area (Å²) in [6.07, 6.45) is 0. The quantitative estimate of drug-likeness (QED) is 0.446. The maximum atomic E-state index is 13.1. The SMILES string of the molecule is O=[N+]([O-])c1cc(C(Cl)(Cl)Cl)c(F)cc1F. The zero-order valence-corrected chi connectivity index (χ0v) is 9.08. The fourth-order valence-electron chi connectivity index (χ4n) is 0.895. The second-order valence-corrected chi connectivity index (χ2v) is 4.82. The summed E-state index contributed by atoms with van der Waals surface area (Å²) in [5, 5.41) is 10.3. The molecule has 0 aliphatic rings. The lowest BCUT2D eigenvalue weighted by molar-refractivity contribution is -0.387. The van der Waals surface area contributed by atoms with Crippen LogP contribution in [0.5, 0.6) is 0 Å². The lowest BCUT2D eigenvalue weighted by Crippen LogP contribution is -2.06. The molecule has 8 heteroatoms. The molecule has 0 spiro atoms. The molecule has 0 atom stereocenters. The summed E-state index contributed by atoms with van der Waals surface area (Å²) < 4.78 is 23.8. The van der Waals surface area contributed by atoms with Gasteiger partial charge in [0, 0.05) is 17.7 Å². The van der Waals surface area contributed by atoms with Gasteiger partial charge in [-0.15, -0.1) is 0 Å². The Morgan fingerprint density at radius 1 is 1.20 bits per heavy atom. The predicted octanol–water partition coefficient (Wildman–Crippen LogP) is 3.70. The lowest BCUT2D eigenvalue weighted by atomic mass is 10.2. The molecule has 0 aliphatic heterocycles. The Hall–Kier alpha value is -0.650. The van der Waals surface area contributed by atoms with E-state index in [-0.39, 0.29) is 0 Å². The largest absolute Gasteiger partial charge is 0.305 e. The minimum atomic E-state index is -2.18. The van der Waals surface area contributed by atoms with Crippen LogP contribution in [0.25, 0.3) is 0 Å². The molecule has 0 saturated carbocycles. The molecule has 0 heterocycles. The van der Waals surface area contributed by atoms with Crippen LogP contribution < -0.4 is 0 Å². The molecule has 0 aliphatic carbocycles. The molecule has 0 saturated heterocycles. The van der Waals surface area contributed by atoms with Crippen molar-refractivity contribution in [3.63, 3.8) is 0 Å². The highest BCUT2D eigenvalue weighted by Crippen LogP contribution is 2.41. The molecule has 15 heavy (non-hydrogen) atoms. The van der Waals surface area contributed by atoms with E-state index in [4.69, 9.17) is 34.8 Å². The van der Waals surface area contributed by atoms with Crippen molar-refractivity contribution in [1.29, 1.82) is 0 Å². The molecule has 0 N–H and O–H groups in total. The van der Waals surface area contributed by atoms with Crippen LogP contribution >= 0.6 is 34.8 Å². The van der Waals surface area contributed by atoms with Crippen LogP contribution in [0.4, 0.5) is 14.5 Å². The normalized spacial score (nSPS) is 11.5. The van der Waals surface area contributed by atoms with Gasteiger partial charge < -0.3 is 0 Å². The van der Waals surface area contributed by atoms with Crippen molar-refractivity contribution in [3.8, 4) is 0 Å². The first kappa shape index (κ1) is 12.4. The van der Waals surface area contributed by atoms with Gasteiger partial charge in [-0.3, -0.25) is 10.1 Å². The van der Waals surface area contributed by atoms with E-state index >= 15 is 0 Å². The number of halogens is 5. The lowest BCUT2D eigenvalue weighted by Gasteiger charge is -2.11. The smallest absolute Gasteiger partial charge is 0.258 e. The van der Waals surface area contributed by atoms with E-state index in [1.807, 2.05) is 0 Å². The molecular weight excluding hydrogens is 274 g/mol. The van der Waals surface area contributed by atoms with Gasteiger partial charge in [-0.05, 0) is 0 Å². The molecular formula is C7H2Cl3F2NO2. The minimum absolute atomic E-state index is 0.301. The molecule has 3 nitrogen and oxygen atoms in total. The molecule has 1 aromatic carbocycles. The van der Waals surface area contributed by atoms with Crippen LogP contribution in [-0.2, 0) is 3.79 Å². The van der Waals surface area contributed by atoms with Crippen LogP contribution in [0.3, 0.4) is 0 Å². The summed E-state index contributed by atoms with van der Waals surface area (Å²) in [4.78, 5) is 9.29. The Morgan fingerprint density at radius 2 is 1.73 bits per heavy atom. The van der Waals surface area contributed by atoms with Gasteiger partial charge in [0.05, 0.1) is 4.92 Å². The second kappa shape index (κ2) is 4.08. The standard InChI is InChI=1S/C7H2Cl3F2NO2/c8-7(9,10)3-1-6(13(14)15)5(12)2-4(3)11/h1-2H. The van der Waals surface area contributed by atoms with E-state index in [0.29, 0.717) is 12.1 Å². The van der Waals surface area contributed by atoms with Crippen molar-refractivity contribution in [1.82, 2.24) is 0 Å². The number of alkyl halides is 3. The summed E-state index contributed by atoms with van der Waals surface area (Å²) in [7, 11) is 0. The van der Waals surface area contributed by atoms with Crippen LogP contribution in [0.15, 0.2) is 12.1 Å². The van der Waals surface area contributed by atoms with Gasteiger partial charge in [0.1, 0.15) is 5.82 Å². The number of nitrogens with zero attached hydrogens (tertiary/aromatic N) is 1. The third-order valence-corrected chi connectivity index (χ3v) is 2.15. The van der Waals surface area contributed by atoms with Crippen molar-refractivity contribution in [2.24, 2.45) is 0 Å². The first-order valence-corrected chi connectivity index (χ1v) is 4.57. The van der Waals surface area contributed by atoms with Crippen molar-refractivity contribution in [3.05, 3.63) is 39.4 Å². The minimum Gasteiger partial charge on any atom is -0.258 e. The Labute approximate surface area is 97.7 Å². The monoisotopic (exact) mass is 275 g/mol. The van der Waals surface area contributed by atoms with Crippen molar-refractivity contribution < 1.29 is 13.7 Å². The molecule has 0 fully saturated rings. The maximum Gasteiger partial charge on any atom is 0.305 e. The molecule has 0 amide bonds. The maximum absolute atomic E-state index is 13.1. The number of hydrogen-bond acceptors (Lipinski definition) is 2. The van der Waals surface area contributed by atoms with Gasteiger partial charge in [0.25, 0.3) is 0 Å². The van der Waals surface area contributed by atoms with Gasteiger partial charge in [0.15, 0.2) is 0 Å². The highest BCUT2D eigenvalue weighted by Gasteiger charge is 2.31. The third kappa shape index (κ3) is 2.68. The van der Waals surface area contributed by atoms with E-state index in [2.05, 4.69) is 0 Å². The average molecular weight is 276 g/mol. The molecule has 0 radical (unpaired) electrons. The van der Waals surface area contributed by atoms with E-state index in [0.717, 1.165) is 0 Å². The van der Waals surface area contributed by atoms with E-state index in [9.17, 15) is 18.9 Å². The number of nitro groups is 1. The van der Waals surface area contributed by atoms with E-state index < -0.39 is 31.6 Å². The number of nitro benzene ring substituents is 1. The number of benzene rings is 1. The molecule has 0 unspecified atom stereocenters. The number of hydrogen-bond donors (Lipinski definition) is 0. The van der Waals surface area contributed by atoms with Gasteiger partial charge >= 0.3 is 5.69 Å². The zero-order valence-electron chi connectivity index (χ0n) is 6.81. The number of rotatable bonds is 1. The van der Waals surface area contributed by atoms with Crippen molar-refractivity contribution in [2.75, 3.05) is 0 Å². The summed E-state index contributed by atoms with van der Waals surface area (Å²) in [6, 6.07) is 0.854. The second-order valence-electron chi connectivity index (χ2n) is 2.54. The third-order valence-electron chi connectivity index (χ3n) is 1.54. The van der Waals surface area contributed by atoms with Crippen LogP contribution in [0.1, 0.15) is 5.56 Å². The fourth-order valence-corrected chi connectivity index (χ4v) is 1.33. The summed E-state index contributed by atoms with van der Waals surface area (Å²) in [5.74, 6) is -2.48. The van der Waals surface area contributed by atoms with Crippen molar-refractivity contribution >= 4 is 40.5 Å². The van der Waals surface area contributed by atoms with Gasteiger partial charge in [-0.25, -0.2) is 4.39 Å². The van der Waals surface area contributed by atoms with E-state index in [1.54, 1.807) is 0 Å². The van der Waals surface area contributed by atoms with Crippen LogP contribution in [-0.4, -0.2) is 4.92 Å². The first-order chi connectivity index (χ1) is 6.73. The van der Waals surface area contributed by atoms with E-state index in [1.165, 1.54) is 0 Å². The van der Waals surface area contributed by atoms with Gasteiger partial charge in [-0.2, -0.15) is 4.39 Å². The fraction of sp³-hybridized carbons (Fsp3) is 0.143. The summed E-state index contributed by atoms with van der Waals surface area (Å²) in [5.41, 5.74) is -1.52. The zero-order chi connectivity index (χ0) is 11.8. The van der Waals surface area contributed by atoms with Gasteiger partial charge in [-0.1, -0.05) is 34.8 Å². The highest BCUT2D eigenvalue weighted by atomic mass is 35.6. The summed E-state index contributed by atoms with van der Waals surface area (Å²) >= 11 is 16.0. The van der Waals surface area contributed by atoms with Crippen LogP contribution in [0.2, 0.25) is 0 Å². The Kier molecular flexibility index (Phi) is 3.38. The topological polar surface area (TPSA) is 43.1 Å². The Balaban J connectivity index is 3.43.